The van der Waals surface area contributed by atoms with E-state index >= 15 is 0 Å². The average molecular weight is 486 g/mol. The SMILES string of the molecule is C=N/C(=C\C=C(/C)N1CCOCC1)Nc1cc(-c2ccc3cn[nH]c3c2)c(C(=O)OC)n2ccnc12. The average Bonchev–Trinajstić information content (AvgIpc) is 3.60. The van der Waals surface area contributed by atoms with E-state index in [1.165, 1.54) is 7.11 Å². The number of hydrogen-bond donors (Lipinski definition) is 2. The molecule has 2 N–H and O–H groups in total. The largest absolute Gasteiger partial charge is 0.464 e. The lowest BCUT2D eigenvalue weighted by molar-refractivity contribution is 0.0537. The van der Waals surface area contributed by atoms with Crippen molar-refractivity contribution in [3.8, 4) is 11.1 Å². The van der Waals surface area contributed by atoms with E-state index in [9.17, 15) is 4.79 Å². The molecule has 4 aromatic rings. The molecule has 1 saturated heterocycles. The van der Waals surface area contributed by atoms with E-state index in [1.807, 2.05) is 36.4 Å². The number of rotatable bonds is 7. The number of pyridine rings is 1. The molecule has 0 spiro atoms. The molecule has 1 aliphatic rings. The number of imidazole rings is 1. The molecule has 0 unspecified atom stereocenters. The number of aromatic nitrogens is 4. The number of carbonyl (C=O) groups excluding carboxylic acids is 1. The zero-order chi connectivity index (χ0) is 25.1. The van der Waals surface area contributed by atoms with E-state index in [4.69, 9.17) is 9.47 Å². The van der Waals surface area contributed by atoms with Crippen LogP contribution in [0.4, 0.5) is 5.69 Å². The lowest BCUT2D eigenvalue weighted by Gasteiger charge is -2.29. The number of nitrogens with zero attached hydrogens (tertiary/aromatic N) is 5. The number of allylic oxidation sites excluding steroid dienone is 3. The predicted octanol–water partition coefficient (Wildman–Crippen LogP) is 3.85. The molecule has 0 aliphatic carbocycles. The van der Waals surface area contributed by atoms with Gasteiger partial charge in [0, 0.05) is 42.1 Å². The van der Waals surface area contributed by atoms with Gasteiger partial charge in [0.2, 0.25) is 0 Å². The summed E-state index contributed by atoms with van der Waals surface area (Å²) in [7, 11) is 1.37. The van der Waals surface area contributed by atoms with Crippen LogP contribution in [-0.4, -0.2) is 70.6 Å². The number of benzene rings is 1. The third-order valence-corrected chi connectivity index (χ3v) is 6.22. The zero-order valence-electron chi connectivity index (χ0n) is 20.2. The van der Waals surface area contributed by atoms with Gasteiger partial charge in [0.1, 0.15) is 11.5 Å². The van der Waals surface area contributed by atoms with E-state index < -0.39 is 5.97 Å². The van der Waals surface area contributed by atoms with Gasteiger partial charge >= 0.3 is 5.97 Å². The fourth-order valence-electron chi connectivity index (χ4n) is 4.30. The molecule has 5 rings (SSSR count). The Kier molecular flexibility index (Phi) is 6.50. The van der Waals surface area contributed by atoms with Gasteiger partial charge in [0.05, 0.1) is 37.7 Å². The number of carbonyl (C=O) groups is 1. The molecule has 1 fully saturated rings. The number of anilines is 1. The van der Waals surface area contributed by atoms with Gasteiger partial charge in [-0.3, -0.25) is 9.50 Å². The van der Waals surface area contributed by atoms with Crippen LogP contribution in [-0.2, 0) is 9.47 Å². The lowest BCUT2D eigenvalue weighted by atomic mass is 10.0. The van der Waals surface area contributed by atoms with Gasteiger partial charge in [0.15, 0.2) is 5.65 Å². The van der Waals surface area contributed by atoms with Crippen LogP contribution in [0, 0.1) is 0 Å². The molecule has 10 heteroatoms. The second-order valence-electron chi connectivity index (χ2n) is 8.35. The number of aromatic amines is 1. The standard InChI is InChI=1S/C26H27N7O3/c1-17(32-10-12-36-13-11-32)4-7-23(27-2)30-22-15-20(18-5-6-19-16-29-31-21(19)14-18)24(26(34)35-3)33-9-8-28-25(22)33/h4-9,14-16,30H,2,10-13H2,1,3H3,(H,29,31)/b17-4+,23-7+. The molecular formula is C26H27N7O3. The Hall–Kier alpha value is -4.44. The quantitative estimate of drug-likeness (QED) is 0.232. The first-order chi connectivity index (χ1) is 17.6. The van der Waals surface area contributed by atoms with E-state index in [0.29, 0.717) is 28.4 Å². The summed E-state index contributed by atoms with van der Waals surface area (Å²) in [5, 5.41) is 11.4. The van der Waals surface area contributed by atoms with Crippen LogP contribution in [0.1, 0.15) is 17.4 Å². The Labute approximate surface area is 207 Å². The molecule has 1 aliphatic heterocycles. The minimum absolute atomic E-state index is 0.370. The van der Waals surface area contributed by atoms with Gasteiger partial charge < -0.3 is 19.7 Å². The summed E-state index contributed by atoms with van der Waals surface area (Å²) in [6.07, 6.45) is 9.01. The maximum atomic E-state index is 12.9. The third-order valence-electron chi connectivity index (χ3n) is 6.22. The highest BCUT2D eigenvalue weighted by atomic mass is 16.5. The van der Waals surface area contributed by atoms with Gasteiger partial charge in [-0.1, -0.05) is 12.1 Å². The van der Waals surface area contributed by atoms with Crippen molar-refractivity contribution in [3.05, 3.63) is 72.2 Å². The monoisotopic (exact) mass is 485 g/mol. The number of morpholine rings is 1. The minimum Gasteiger partial charge on any atom is -0.464 e. The number of aliphatic imine (C=N–C) groups is 1. The topological polar surface area (TPSA) is 109 Å². The van der Waals surface area contributed by atoms with Gasteiger partial charge in [-0.25, -0.2) is 14.8 Å². The summed E-state index contributed by atoms with van der Waals surface area (Å²) in [5.74, 6) is 0.0826. The molecule has 0 bridgehead atoms. The van der Waals surface area contributed by atoms with E-state index in [-0.39, 0.29) is 0 Å². The lowest BCUT2D eigenvalue weighted by Crippen LogP contribution is -2.34. The predicted molar refractivity (Wildman–Crippen MR) is 139 cm³/mol. The highest BCUT2D eigenvalue weighted by molar-refractivity contribution is 5.99. The van der Waals surface area contributed by atoms with Gasteiger partial charge in [-0.15, -0.1) is 0 Å². The van der Waals surface area contributed by atoms with E-state index in [0.717, 1.165) is 48.5 Å². The van der Waals surface area contributed by atoms with Gasteiger partial charge in [-0.2, -0.15) is 5.10 Å². The highest BCUT2D eigenvalue weighted by Crippen LogP contribution is 2.32. The third kappa shape index (κ3) is 4.46. The number of nitrogens with one attached hydrogen (secondary N) is 2. The molecule has 3 aromatic heterocycles. The van der Waals surface area contributed by atoms with Crippen LogP contribution in [0.2, 0.25) is 0 Å². The zero-order valence-corrected chi connectivity index (χ0v) is 20.2. The first kappa shape index (κ1) is 23.3. The number of methoxy groups -OCH3 is 1. The number of esters is 1. The summed E-state index contributed by atoms with van der Waals surface area (Å²) >= 11 is 0. The van der Waals surface area contributed by atoms with Crippen molar-refractivity contribution < 1.29 is 14.3 Å². The highest BCUT2D eigenvalue weighted by Gasteiger charge is 2.21. The van der Waals surface area contributed by atoms with Crippen LogP contribution >= 0.6 is 0 Å². The fraction of sp³-hybridized carbons (Fsp3) is 0.231. The second-order valence-corrected chi connectivity index (χ2v) is 8.35. The summed E-state index contributed by atoms with van der Waals surface area (Å²) in [4.78, 5) is 23.8. The summed E-state index contributed by atoms with van der Waals surface area (Å²) in [6, 6.07) is 7.73. The van der Waals surface area contributed by atoms with E-state index in [1.54, 1.807) is 23.0 Å². The molecule has 0 radical (unpaired) electrons. The molecule has 10 nitrogen and oxygen atoms in total. The number of fused-ring (bicyclic) bond motifs is 2. The Morgan fingerprint density at radius 3 is 2.89 bits per heavy atom. The smallest absolute Gasteiger partial charge is 0.355 e. The van der Waals surface area contributed by atoms with Crippen LogP contribution in [0.5, 0.6) is 0 Å². The Bertz CT molecular complexity index is 1490. The summed E-state index contributed by atoms with van der Waals surface area (Å²) in [6.45, 7) is 8.94. The molecule has 1 aromatic carbocycles. The molecule has 0 amide bonds. The van der Waals surface area contributed by atoms with Crippen molar-refractivity contribution in [2.24, 2.45) is 4.99 Å². The Balaban J connectivity index is 1.58. The van der Waals surface area contributed by atoms with Crippen molar-refractivity contribution in [2.75, 3.05) is 38.7 Å². The summed E-state index contributed by atoms with van der Waals surface area (Å²) < 4.78 is 12.3. The van der Waals surface area contributed by atoms with Crippen molar-refractivity contribution in [2.45, 2.75) is 6.92 Å². The first-order valence-electron chi connectivity index (χ1n) is 11.6. The normalized spacial score (nSPS) is 14.9. The van der Waals surface area contributed by atoms with Crippen LogP contribution in [0.25, 0.3) is 27.7 Å². The molecule has 36 heavy (non-hydrogen) atoms. The Morgan fingerprint density at radius 2 is 2.11 bits per heavy atom. The molecule has 4 heterocycles. The van der Waals surface area contributed by atoms with Crippen molar-refractivity contribution in [1.29, 1.82) is 0 Å². The Morgan fingerprint density at radius 1 is 1.28 bits per heavy atom. The van der Waals surface area contributed by atoms with Crippen LogP contribution in [0.3, 0.4) is 0 Å². The maximum Gasteiger partial charge on any atom is 0.355 e. The number of H-pyrrole nitrogens is 1. The molecular weight excluding hydrogens is 458 g/mol. The maximum absolute atomic E-state index is 12.9. The van der Waals surface area contributed by atoms with Gasteiger partial charge in [0.25, 0.3) is 0 Å². The molecule has 184 valence electrons. The summed E-state index contributed by atoms with van der Waals surface area (Å²) in [5.41, 5.74) is 5.08. The van der Waals surface area contributed by atoms with Crippen molar-refractivity contribution in [3.63, 3.8) is 0 Å². The number of hydrogen-bond acceptors (Lipinski definition) is 8. The van der Waals surface area contributed by atoms with Crippen LogP contribution < -0.4 is 5.32 Å². The minimum atomic E-state index is -0.467. The van der Waals surface area contributed by atoms with Crippen molar-refractivity contribution >= 4 is 34.9 Å². The van der Waals surface area contributed by atoms with E-state index in [2.05, 4.69) is 44.0 Å². The van der Waals surface area contributed by atoms with Crippen LogP contribution in [0.15, 0.2) is 71.5 Å². The second kappa shape index (κ2) is 10.0. The molecule has 0 atom stereocenters. The first-order valence-corrected chi connectivity index (χ1v) is 11.6. The fourth-order valence-corrected chi connectivity index (χ4v) is 4.30. The van der Waals surface area contributed by atoms with Gasteiger partial charge in [-0.05, 0) is 43.5 Å². The van der Waals surface area contributed by atoms with Crippen molar-refractivity contribution in [1.82, 2.24) is 24.5 Å². The number of ether oxygens (including phenoxy) is 2. The molecule has 0 saturated carbocycles.